The van der Waals surface area contributed by atoms with E-state index in [2.05, 4.69) is 65.5 Å². The summed E-state index contributed by atoms with van der Waals surface area (Å²) in [5.74, 6) is 1.07. The molecule has 0 unspecified atom stereocenters. The first-order valence-electron chi connectivity index (χ1n) is 9.74. The Kier molecular flexibility index (Phi) is 6.52. The topological polar surface area (TPSA) is 15.6 Å². The van der Waals surface area contributed by atoms with Crippen molar-refractivity contribution in [1.29, 1.82) is 0 Å². The van der Waals surface area contributed by atoms with Crippen molar-refractivity contribution in [2.24, 2.45) is 4.99 Å². The van der Waals surface area contributed by atoms with Gasteiger partial charge >= 0.3 is 0 Å². The first-order valence-corrected chi connectivity index (χ1v) is 10.1. The first-order chi connectivity index (χ1) is 13.2. The average Bonchev–Trinajstić information content (AvgIpc) is 3.14. The van der Waals surface area contributed by atoms with Gasteiger partial charge in [-0.15, -0.1) is 0 Å². The van der Waals surface area contributed by atoms with Gasteiger partial charge in [-0.05, 0) is 40.8 Å². The van der Waals surface area contributed by atoms with Gasteiger partial charge < -0.3 is 4.90 Å². The molecular weight excluding hydrogens is 352 g/mol. The lowest BCUT2D eigenvalue weighted by Gasteiger charge is -2.18. The summed E-state index contributed by atoms with van der Waals surface area (Å²) in [6.07, 6.45) is 1.88. The lowest BCUT2D eigenvalue weighted by atomic mass is 9.96. The molecule has 0 amide bonds. The summed E-state index contributed by atoms with van der Waals surface area (Å²) < 4.78 is 0. The number of benzene rings is 3. The zero-order chi connectivity index (χ0) is 19.2. The van der Waals surface area contributed by atoms with E-state index < -0.39 is 0 Å². The van der Waals surface area contributed by atoms with Crippen LogP contribution in [0.3, 0.4) is 0 Å². The number of amidine groups is 1. The highest BCUT2D eigenvalue weighted by atomic mass is 35.5. The Morgan fingerprint density at radius 3 is 2.44 bits per heavy atom. The Morgan fingerprint density at radius 2 is 1.67 bits per heavy atom. The molecule has 0 saturated heterocycles. The Balaban J connectivity index is 0.00000102. The largest absolute Gasteiger partial charge is 0.358 e. The Morgan fingerprint density at radius 1 is 0.926 bits per heavy atom. The van der Waals surface area contributed by atoms with Crippen molar-refractivity contribution in [3.05, 3.63) is 82.4 Å². The van der Waals surface area contributed by atoms with Crippen LogP contribution in [-0.4, -0.2) is 30.9 Å². The predicted octanol–water partition coefficient (Wildman–Crippen LogP) is 6.00. The molecule has 1 aliphatic rings. The van der Waals surface area contributed by atoms with Gasteiger partial charge in [-0.1, -0.05) is 80.0 Å². The number of aliphatic imine (C=N–C) groups is 1. The molecule has 0 bridgehead atoms. The van der Waals surface area contributed by atoms with Gasteiger partial charge in [0.25, 0.3) is 0 Å². The summed E-state index contributed by atoms with van der Waals surface area (Å²) >= 11 is 6.57. The fourth-order valence-corrected chi connectivity index (χ4v) is 3.88. The second-order valence-corrected chi connectivity index (χ2v) is 6.94. The quantitative estimate of drug-likeness (QED) is 0.543. The molecule has 140 valence electrons. The lowest BCUT2D eigenvalue weighted by molar-refractivity contribution is 0.556. The molecule has 2 nitrogen and oxygen atoms in total. The van der Waals surface area contributed by atoms with Crippen molar-refractivity contribution >= 4 is 28.2 Å². The fourth-order valence-electron chi connectivity index (χ4n) is 3.62. The predicted molar refractivity (Wildman–Crippen MR) is 118 cm³/mol. The molecule has 0 aromatic heterocycles. The van der Waals surface area contributed by atoms with Gasteiger partial charge in [0.2, 0.25) is 0 Å². The minimum Gasteiger partial charge on any atom is -0.358 e. The first kappa shape index (κ1) is 19.4. The van der Waals surface area contributed by atoms with E-state index in [0.717, 1.165) is 36.8 Å². The normalized spacial score (nSPS) is 13.3. The molecule has 3 aromatic rings. The maximum atomic E-state index is 6.57. The highest BCUT2D eigenvalue weighted by Crippen LogP contribution is 2.26. The number of halogens is 1. The highest BCUT2D eigenvalue weighted by Gasteiger charge is 2.19. The molecule has 1 aliphatic heterocycles. The molecule has 3 heteroatoms. The summed E-state index contributed by atoms with van der Waals surface area (Å²) in [7, 11) is 2.10. The number of rotatable bonds is 4. The molecule has 3 aromatic carbocycles. The van der Waals surface area contributed by atoms with Crippen molar-refractivity contribution in [1.82, 2.24) is 4.90 Å². The van der Waals surface area contributed by atoms with Crippen LogP contribution in [0, 0.1) is 0 Å². The van der Waals surface area contributed by atoms with Crippen LogP contribution in [0.2, 0.25) is 5.02 Å². The maximum absolute atomic E-state index is 6.57. The van der Waals surface area contributed by atoms with E-state index >= 15 is 0 Å². The molecule has 1 heterocycles. The van der Waals surface area contributed by atoms with E-state index in [0.29, 0.717) is 0 Å². The van der Waals surface area contributed by atoms with E-state index in [4.69, 9.17) is 11.6 Å². The molecule has 0 N–H and O–H groups in total. The van der Waals surface area contributed by atoms with Crippen LogP contribution in [0.15, 0.2) is 65.7 Å². The van der Waals surface area contributed by atoms with E-state index in [1.807, 2.05) is 26.0 Å². The van der Waals surface area contributed by atoms with Gasteiger partial charge in [0.15, 0.2) is 0 Å². The molecule has 0 radical (unpaired) electrons. The Hall–Kier alpha value is -2.32. The molecule has 0 spiro atoms. The summed E-state index contributed by atoms with van der Waals surface area (Å²) in [6, 6.07) is 21.2. The summed E-state index contributed by atoms with van der Waals surface area (Å²) in [5, 5.41) is 3.45. The van der Waals surface area contributed by atoms with Crippen molar-refractivity contribution in [2.45, 2.75) is 26.7 Å². The third-order valence-corrected chi connectivity index (χ3v) is 5.30. The summed E-state index contributed by atoms with van der Waals surface area (Å²) in [5.41, 5.74) is 3.74. The van der Waals surface area contributed by atoms with Gasteiger partial charge in [0.05, 0.1) is 6.54 Å². The zero-order valence-corrected chi connectivity index (χ0v) is 17.1. The van der Waals surface area contributed by atoms with E-state index in [9.17, 15) is 0 Å². The standard InChI is InChI=1S/C22H21ClN2.C2H6/c1-25-15-14-24-22(25)20-10-5-11-21(23)19(20)13-12-17-8-4-7-16-6-2-3-9-18(16)17;1-2/h2-11H,12-15H2,1H3;1-2H3. The van der Waals surface area contributed by atoms with Gasteiger partial charge in [0.1, 0.15) is 5.84 Å². The molecule has 0 fully saturated rings. The number of hydrogen-bond acceptors (Lipinski definition) is 2. The zero-order valence-electron chi connectivity index (χ0n) is 16.4. The van der Waals surface area contributed by atoms with E-state index in [-0.39, 0.29) is 0 Å². The minimum atomic E-state index is 0.834. The molecule has 0 aliphatic carbocycles. The summed E-state index contributed by atoms with van der Waals surface area (Å²) in [6.45, 7) is 5.84. The SMILES string of the molecule is CC.CN1CCN=C1c1cccc(Cl)c1CCc1cccc2ccccc12. The second kappa shape index (κ2) is 9.05. The Labute approximate surface area is 167 Å². The summed E-state index contributed by atoms with van der Waals surface area (Å²) in [4.78, 5) is 6.89. The van der Waals surface area contributed by atoms with Crippen LogP contribution < -0.4 is 0 Å². The van der Waals surface area contributed by atoms with Crippen LogP contribution in [0.5, 0.6) is 0 Å². The van der Waals surface area contributed by atoms with Crippen LogP contribution in [0.4, 0.5) is 0 Å². The molecular formula is C24H27ClN2. The maximum Gasteiger partial charge on any atom is 0.131 e. The average molecular weight is 379 g/mol. The minimum absolute atomic E-state index is 0.834. The number of likely N-dealkylation sites (N-methyl/N-ethyl adjacent to an activating group) is 1. The third-order valence-electron chi connectivity index (χ3n) is 4.94. The van der Waals surface area contributed by atoms with Crippen LogP contribution in [-0.2, 0) is 12.8 Å². The molecule has 27 heavy (non-hydrogen) atoms. The number of hydrogen-bond donors (Lipinski definition) is 0. The number of nitrogens with zero attached hydrogens (tertiary/aromatic N) is 2. The van der Waals surface area contributed by atoms with Crippen molar-refractivity contribution < 1.29 is 0 Å². The monoisotopic (exact) mass is 378 g/mol. The number of aryl methyl sites for hydroxylation is 1. The van der Waals surface area contributed by atoms with Crippen molar-refractivity contribution in [3.8, 4) is 0 Å². The fraction of sp³-hybridized carbons (Fsp3) is 0.292. The van der Waals surface area contributed by atoms with E-state index in [1.165, 1.54) is 27.5 Å². The van der Waals surface area contributed by atoms with Crippen molar-refractivity contribution in [2.75, 3.05) is 20.1 Å². The van der Waals surface area contributed by atoms with Gasteiger partial charge in [-0.2, -0.15) is 0 Å². The van der Waals surface area contributed by atoms with Crippen LogP contribution in [0.25, 0.3) is 10.8 Å². The smallest absolute Gasteiger partial charge is 0.131 e. The highest BCUT2D eigenvalue weighted by molar-refractivity contribution is 6.32. The van der Waals surface area contributed by atoms with Gasteiger partial charge in [0, 0.05) is 24.2 Å². The van der Waals surface area contributed by atoms with Gasteiger partial charge in [-0.3, -0.25) is 4.99 Å². The van der Waals surface area contributed by atoms with Crippen molar-refractivity contribution in [3.63, 3.8) is 0 Å². The Bertz CT molecular complexity index is 941. The van der Waals surface area contributed by atoms with Crippen LogP contribution >= 0.6 is 11.6 Å². The molecule has 4 rings (SSSR count). The molecule has 0 saturated carbocycles. The third kappa shape index (κ3) is 4.17. The van der Waals surface area contributed by atoms with Gasteiger partial charge in [-0.25, -0.2) is 0 Å². The lowest BCUT2D eigenvalue weighted by Crippen LogP contribution is -2.24. The molecule has 0 atom stereocenters. The number of fused-ring (bicyclic) bond motifs is 1. The second-order valence-electron chi connectivity index (χ2n) is 6.53. The van der Waals surface area contributed by atoms with E-state index in [1.54, 1.807) is 0 Å². The van der Waals surface area contributed by atoms with Crippen LogP contribution in [0.1, 0.15) is 30.5 Å².